The van der Waals surface area contributed by atoms with Gasteiger partial charge in [-0.3, -0.25) is 14.7 Å². The molecule has 2 aliphatic rings. The summed E-state index contributed by atoms with van der Waals surface area (Å²) in [7, 11) is 0. The number of pyridine rings is 2. The number of benzene rings is 4. The molecule has 0 radical (unpaired) electrons. The first-order valence-corrected chi connectivity index (χ1v) is 20.8. The van der Waals surface area contributed by atoms with Crippen molar-refractivity contribution in [2.45, 2.75) is 51.2 Å². The van der Waals surface area contributed by atoms with E-state index >= 15 is 4.39 Å². The molecule has 0 aliphatic carbocycles. The first-order chi connectivity index (χ1) is 29.1. The van der Waals surface area contributed by atoms with E-state index in [2.05, 4.69) is 87.6 Å². The van der Waals surface area contributed by atoms with Gasteiger partial charge in [0, 0.05) is 44.0 Å². The first-order valence-electron chi connectivity index (χ1n) is 20.4. The van der Waals surface area contributed by atoms with E-state index in [0.717, 1.165) is 22.3 Å². The number of carbonyl (C=O) groups excluding carboxylic acids is 1. The molecule has 302 valence electrons. The Morgan fingerprint density at radius 1 is 0.817 bits per heavy atom. The molecule has 9 rings (SSSR count). The van der Waals surface area contributed by atoms with Gasteiger partial charge in [0.2, 0.25) is 5.91 Å². The molecule has 2 aliphatic heterocycles. The van der Waals surface area contributed by atoms with Crippen molar-refractivity contribution in [1.29, 1.82) is 0 Å². The van der Waals surface area contributed by atoms with Crippen molar-refractivity contribution in [3.63, 3.8) is 0 Å². The number of carbonyl (C=O) groups is 1. The van der Waals surface area contributed by atoms with Crippen LogP contribution in [0.5, 0.6) is 0 Å². The minimum atomic E-state index is -0.680. The molecule has 0 spiro atoms. The SMILES string of the molecule is Cc1ccnc(C(C)C)c1-n1c(=O)nc(N2CCN(C(=O)C3CN3C(c3ccccc3)(c3ccccc3)c3ccccc3)C[C@@H]2C)c2cc(Cl)c(-c3ccccc3F)nc21. The number of hydrogen-bond acceptors (Lipinski definition) is 7. The van der Waals surface area contributed by atoms with Crippen LogP contribution in [0.3, 0.4) is 0 Å². The zero-order valence-electron chi connectivity index (χ0n) is 34.0. The van der Waals surface area contributed by atoms with Crippen molar-refractivity contribution in [3.8, 4) is 16.9 Å². The second-order valence-corrected chi connectivity index (χ2v) is 16.5. The Balaban J connectivity index is 1.08. The van der Waals surface area contributed by atoms with Crippen molar-refractivity contribution in [3.05, 3.63) is 183 Å². The van der Waals surface area contributed by atoms with Crippen molar-refractivity contribution in [1.82, 2.24) is 29.3 Å². The van der Waals surface area contributed by atoms with Crippen molar-refractivity contribution >= 4 is 34.4 Å². The van der Waals surface area contributed by atoms with Crippen LogP contribution in [0.1, 0.15) is 54.6 Å². The minimum Gasteiger partial charge on any atom is -0.350 e. The lowest BCUT2D eigenvalue weighted by Gasteiger charge is -2.42. The monoisotopic (exact) mass is 817 g/mol. The zero-order valence-corrected chi connectivity index (χ0v) is 34.7. The maximum Gasteiger partial charge on any atom is 0.355 e. The highest BCUT2D eigenvalue weighted by Gasteiger charge is 2.57. The lowest BCUT2D eigenvalue weighted by Crippen LogP contribution is -2.56. The Hall–Kier alpha value is -6.23. The Labute approximate surface area is 353 Å². The largest absolute Gasteiger partial charge is 0.355 e. The molecule has 3 atom stereocenters. The molecule has 7 aromatic rings. The van der Waals surface area contributed by atoms with E-state index in [1.807, 2.05) is 56.9 Å². The molecule has 2 unspecified atom stereocenters. The summed E-state index contributed by atoms with van der Waals surface area (Å²) in [5, 5.41) is 0.762. The highest BCUT2D eigenvalue weighted by Crippen LogP contribution is 2.49. The van der Waals surface area contributed by atoms with Gasteiger partial charge in [0.05, 0.1) is 33.0 Å². The van der Waals surface area contributed by atoms with Gasteiger partial charge in [-0.15, -0.1) is 0 Å². The number of halogens is 2. The normalized spacial score (nSPS) is 17.9. The quantitative estimate of drug-likeness (QED) is 0.106. The molecule has 4 aromatic carbocycles. The van der Waals surface area contributed by atoms with Gasteiger partial charge in [-0.25, -0.2) is 18.7 Å². The molecule has 60 heavy (non-hydrogen) atoms. The van der Waals surface area contributed by atoms with Gasteiger partial charge in [0.1, 0.15) is 17.7 Å². The molecule has 0 saturated carbocycles. The fraction of sp³-hybridized carbons (Fsp3) is 0.245. The predicted molar refractivity (Wildman–Crippen MR) is 235 cm³/mol. The number of rotatable bonds is 9. The van der Waals surface area contributed by atoms with Gasteiger partial charge in [0.15, 0.2) is 5.65 Å². The zero-order chi connectivity index (χ0) is 41.7. The molecule has 2 saturated heterocycles. The standard InChI is InChI=1S/C49H45ClFN7O2/c1-31(2)42-44(32(3)24-25-52-42)58-46-38(28-39(50)43(53-46)37-22-14-15-23-40(37)51)45(54-48(58)60)56-27-26-55(29-33(56)4)47(59)41-30-57(41)49(34-16-8-5-9-17-34,35-18-10-6-11-19-35)36-20-12-7-13-21-36/h5-25,28,31,33,41H,26-27,29-30H2,1-4H3/t33-,41?,57?/m0/s1. The third-order valence-electron chi connectivity index (χ3n) is 12.0. The van der Waals surface area contributed by atoms with Crippen molar-refractivity contribution in [2.75, 3.05) is 31.1 Å². The van der Waals surface area contributed by atoms with Gasteiger partial charge in [0.25, 0.3) is 0 Å². The van der Waals surface area contributed by atoms with Gasteiger partial charge in [-0.05, 0) is 66.3 Å². The summed E-state index contributed by atoms with van der Waals surface area (Å²) in [5.41, 5.74) is 4.92. The summed E-state index contributed by atoms with van der Waals surface area (Å²) in [5.74, 6) is -0.0233. The van der Waals surface area contributed by atoms with Crippen LogP contribution in [0.2, 0.25) is 5.02 Å². The summed E-state index contributed by atoms with van der Waals surface area (Å²) >= 11 is 6.97. The maximum absolute atomic E-state index is 15.3. The van der Waals surface area contributed by atoms with Crippen LogP contribution in [0, 0.1) is 12.7 Å². The molecule has 5 heterocycles. The van der Waals surface area contributed by atoms with E-state index in [4.69, 9.17) is 21.6 Å². The summed E-state index contributed by atoms with van der Waals surface area (Å²) in [4.78, 5) is 49.8. The average Bonchev–Trinajstić information content (AvgIpc) is 4.06. The third-order valence-corrected chi connectivity index (χ3v) is 12.3. The van der Waals surface area contributed by atoms with Crippen LogP contribution < -0.4 is 10.6 Å². The topological polar surface area (TPSA) is 87.2 Å². The second-order valence-electron chi connectivity index (χ2n) is 16.0. The van der Waals surface area contributed by atoms with Crippen LogP contribution in [0.25, 0.3) is 28.0 Å². The molecule has 2 fully saturated rings. The Bertz CT molecular complexity index is 2690. The molecular formula is C49H45ClFN7O2. The fourth-order valence-corrected chi connectivity index (χ4v) is 9.35. The van der Waals surface area contributed by atoms with Crippen LogP contribution in [0.15, 0.2) is 138 Å². The van der Waals surface area contributed by atoms with E-state index in [1.54, 1.807) is 30.5 Å². The van der Waals surface area contributed by atoms with Crippen LogP contribution in [-0.2, 0) is 10.3 Å². The number of anilines is 1. The first kappa shape index (κ1) is 39.2. The van der Waals surface area contributed by atoms with Crippen molar-refractivity contribution < 1.29 is 9.18 Å². The third kappa shape index (κ3) is 6.64. The number of amides is 1. The van der Waals surface area contributed by atoms with E-state index in [0.29, 0.717) is 54.4 Å². The van der Waals surface area contributed by atoms with E-state index in [9.17, 15) is 9.59 Å². The van der Waals surface area contributed by atoms with Gasteiger partial charge in [-0.2, -0.15) is 4.98 Å². The maximum atomic E-state index is 15.3. The smallest absolute Gasteiger partial charge is 0.350 e. The van der Waals surface area contributed by atoms with Gasteiger partial charge >= 0.3 is 5.69 Å². The average molecular weight is 818 g/mol. The van der Waals surface area contributed by atoms with Gasteiger partial charge < -0.3 is 9.80 Å². The van der Waals surface area contributed by atoms with E-state index < -0.39 is 17.0 Å². The van der Waals surface area contributed by atoms with E-state index in [1.165, 1.54) is 10.6 Å². The lowest BCUT2D eigenvalue weighted by atomic mass is 9.76. The number of hydrogen-bond donors (Lipinski definition) is 0. The van der Waals surface area contributed by atoms with Crippen LogP contribution >= 0.6 is 11.6 Å². The molecule has 3 aromatic heterocycles. The predicted octanol–water partition coefficient (Wildman–Crippen LogP) is 8.78. The molecule has 9 nitrogen and oxygen atoms in total. The summed E-state index contributed by atoms with van der Waals surface area (Å²) in [6.45, 7) is 9.84. The van der Waals surface area contributed by atoms with Crippen LogP contribution in [0.4, 0.5) is 10.2 Å². The molecule has 0 N–H and O–H groups in total. The van der Waals surface area contributed by atoms with Crippen molar-refractivity contribution in [2.24, 2.45) is 0 Å². The molecule has 1 amide bonds. The Morgan fingerprint density at radius 2 is 1.42 bits per heavy atom. The summed E-state index contributed by atoms with van der Waals surface area (Å²) in [6, 6.07) is 40.6. The Morgan fingerprint density at radius 3 is 2.00 bits per heavy atom. The summed E-state index contributed by atoms with van der Waals surface area (Å²) in [6.07, 6.45) is 1.73. The molecule has 0 bridgehead atoms. The number of aromatic nitrogens is 4. The number of piperazine rings is 1. The molecule has 11 heteroatoms. The summed E-state index contributed by atoms with van der Waals surface area (Å²) < 4.78 is 16.8. The minimum absolute atomic E-state index is 0.0221. The number of aryl methyl sites for hydroxylation is 1. The Kier molecular flexibility index (Phi) is 10.3. The number of nitrogens with zero attached hydrogens (tertiary/aromatic N) is 7. The van der Waals surface area contributed by atoms with Crippen LogP contribution in [-0.4, -0.2) is 73.5 Å². The van der Waals surface area contributed by atoms with E-state index in [-0.39, 0.29) is 40.2 Å². The fourth-order valence-electron chi connectivity index (χ4n) is 9.09. The molecular weight excluding hydrogens is 773 g/mol. The highest BCUT2D eigenvalue weighted by molar-refractivity contribution is 6.33. The second kappa shape index (κ2) is 15.7. The van der Waals surface area contributed by atoms with Gasteiger partial charge in [-0.1, -0.05) is 129 Å². The highest BCUT2D eigenvalue weighted by atomic mass is 35.5. The number of fused-ring (bicyclic) bond motifs is 1. The lowest BCUT2D eigenvalue weighted by molar-refractivity contribution is -0.132.